The molecule has 1 amide bonds. The van der Waals surface area contributed by atoms with Crippen molar-refractivity contribution in [3.05, 3.63) is 0 Å². The molecule has 0 atom stereocenters. The van der Waals surface area contributed by atoms with Crippen LogP contribution < -0.4 is 0 Å². The van der Waals surface area contributed by atoms with Crippen LogP contribution in [0.5, 0.6) is 0 Å². The summed E-state index contributed by atoms with van der Waals surface area (Å²) in [5, 5.41) is 0. The Morgan fingerprint density at radius 1 is 0.647 bits per heavy atom. The number of hydrogen-bond donors (Lipinski definition) is 0. The van der Waals surface area contributed by atoms with Gasteiger partial charge in [-0.3, -0.25) is 4.79 Å². The van der Waals surface area contributed by atoms with Crippen molar-refractivity contribution in [2.75, 3.05) is 0 Å². The first-order valence-electron chi connectivity index (χ1n) is 6.44. The van der Waals surface area contributed by atoms with Gasteiger partial charge >= 0.3 is 0 Å². The summed E-state index contributed by atoms with van der Waals surface area (Å²) < 4.78 is 0. The van der Waals surface area contributed by atoms with Crippen LogP contribution in [0.4, 0.5) is 0 Å². The predicted molar refractivity (Wildman–Crippen MR) is 75.0 cm³/mol. The molecule has 102 valence electrons. The first-order valence-corrected chi connectivity index (χ1v) is 6.44. The van der Waals surface area contributed by atoms with Crippen LogP contribution in [-0.4, -0.2) is 22.4 Å². The predicted octanol–water partition coefficient (Wildman–Crippen LogP) is 4.09. The molecule has 0 rings (SSSR count). The van der Waals surface area contributed by atoms with Crippen molar-refractivity contribution in [3.8, 4) is 0 Å². The Morgan fingerprint density at radius 2 is 0.882 bits per heavy atom. The third-order valence-electron chi connectivity index (χ3n) is 4.98. The molecule has 0 saturated heterocycles. The lowest BCUT2D eigenvalue weighted by molar-refractivity contribution is -0.145. The van der Waals surface area contributed by atoms with Crippen molar-refractivity contribution in [2.24, 2.45) is 10.8 Å². The Morgan fingerprint density at radius 3 is 1.00 bits per heavy atom. The maximum absolute atomic E-state index is 11.6. The summed E-state index contributed by atoms with van der Waals surface area (Å²) in [4.78, 5) is 13.6. The van der Waals surface area contributed by atoms with E-state index in [4.69, 9.17) is 0 Å². The molecule has 0 aliphatic heterocycles. The highest BCUT2D eigenvalue weighted by molar-refractivity contribution is 5.51. The van der Waals surface area contributed by atoms with Gasteiger partial charge in [0, 0.05) is 11.1 Å². The normalized spacial score (nSPS) is 14.7. The van der Waals surface area contributed by atoms with Gasteiger partial charge in [-0.15, -0.1) is 0 Å². The Kier molecular flexibility index (Phi) is 4.16. The molecule has 2 nitrogen and oxygen atoms in total. The molecule has 0 N–H and O–H groups in total. The van der Waals surface area contributed by atoms with E-state index in [-0.39, 0.29) is 21.9 Å². The summed E-state index contributed by atoms with van der Waals surface area (Å²) in [6.45, 7) is 21.7. The van der Waals surface area contributed by atoms with Crippen LogP contribution in [0, 0.1) is 10.8 Å². The molecule has 2 heteroatoms. The van der Waals surface area contributed by atoms with Gasteiger partial charge in [0.25, 0.3) is 0 Å². The van der Waals surface area contributed by atoms with Crippen molar-refractivity contribution in [3.63, 3.8) is 0 Å². The Balaban J connectivity index is 5.60. The van der Waals surface area contributed by atoms with Crippen LogP contribution >= 0.6 is 0 Å². The second-order valence-electron chi connectivity index (χ2n) is 8.09. The number of carbonyl (C=O) groups is 1. The minimum Gasteiger partial charge on any atom is -0.334 e. The third kappa shape index (κ3) is 2.83. The fraction of sp³-hybridized carbons (Fsp3) is 0.933. The highest BCUT2D eigenvalue weighted by Crippen LogP contribution is 2.44. The van der Waals surface area contributed by atoms with Gasteiger partial charge in [-0.25, -0.2) is 0 Å². The molecular weight excluding hydrogens is 210 g/mol. The fourth-order valence-corrected chi connectivity index (χ4v) is 1.69. The summed E-state index contributed by atoms with van der Waals surface area (Å²) in [6.07, 6.45) is 1.01. The third-order valence-corrected chi connectivity index (χ3v) is 4.98. The Labute approximate surface area is 108 Å². The van der Waals surface area contributed by atoms with Gasteiger partial charge in [0.2, 0.25) is 6.41 Å². The van der Waals surface area contributed by atoms with E-state index >= 15 is 0 Å². The van der Waals surface area contributed by atoms with Crippen LogP contribution in [0.3, 0.4) is 0 Å². The van der Waals surface area contributed by atoms with Gasteiger partial charge in [-0.05, 0) is 38.5 Å². The molecule has 0 radical (unpaired) electrons. The smallest absolute Gasteiger partial charge is 0.210 e. The summed E-state index contributed by atoms with van der Waals surface area (Å²) in [5.74, 6) is 0. The molecule has 0 unspecified atom stereocenters. The van der Waals surface area contributed by atoms with Crippen LogP contribution in [0.1, 0.15) is 69.2 Å². The number of amides is 1. The van der Waals surface area contributed by atoms with Gasteiger partial charge in [-0.2, -0.15) is 0 Å². The number of carbonyl (C=O) groups excluding carboxylic acids is 1. The molecule has 0 aromatic rings. The highest BCUT2D eigenvalue weighted by Gasteiger charge is 2.48. The number of hydrogen-bond acceptors (Lipinski definition) is 1. The van der Waals surface area contributed by atoms with Crippen LogP contribution in [0.15, 0.2) is 0 Å². The largest absolute Gasteiger partial charge is 0.334 e. The minimum atomic E-state index is -0.189. The topological polar surface area (TPSA) is 20.3 Å². The average Bonchev–Trinajstić information content (AvgIpc) is 1.99. The zero-order valence-electron chi connectivity index (χ0n) is 13.4. The number of nitrogens with zero attached hydrogens (tertiary/aromatic N) is 1. The van der Waals surface area contributed by atoms with Crippen LogP contribution in [0.25, 0.3) is 0 Å². The molecule has 0 spiro atoms. The van der Waals surface area contributed by atoms with Crippen molar-refractivity contribution in [1.82, 2.24) is 4.90 Å². The maximum Gasteiger partial charge on any atom is 0.210 e. The monoisotopic (exact) mass is 241 g/mol. The summed E-state index contributed by atoms with van der Waals surface area (Å²) in [6, 6.07) is 0. The molecule has 0 saturated carbocycles. The van der Waals surface area contributed by atoms with Crippen molar-refractivity contribution >= 4 is 6.41 Å². The van der Waals surface area contributed by atoms with Crippen molar-refractivity contribution in [1.29, 1.82) is 0 Å². The zero-order valence-corrected chi connectivity index (χ0v) is 13.4. The molecule has 0 aromatic heterocycles. The van der Waals surface area contributed by atoms with Gasteiger partial charge in [0.05, 0.1) is 0 Å². The standard InChI is InChI=1S/C15H31NO/c1-12(2,3)14(7,8)16(11-17)15(9,10)13(4,5)6/h11H,1-10H3. The van der Waals surface area contributed by atoms with Crippen molar-refractivity contribution in [2.45, 2.75) is 80.3 Å². The first-order chi connectivity index (χ1) is 7.19. The minimum absolute atomic E-state index is 0.0381. The molecular formula is C15H31NO. The molecule has 0 fully saturated rings. The van der Waals surface area contributed by atoms with Crippen LogP contribution in [-0.2, 0) is 4.79 Å². The van der Waals surface area contributed by atoms with Gasteiger partial charge in [0.15, 0.2) is 0 Å². The summed E-state index contributed by atoms with van der Waals surface area (Å²) in [5.41, 5.74) is -0.302. The molecule has 0 aliphatic rings. The molecule has 0 heterocycles. The molecule has 0 bridgehead atoms. The van der Waals surface area contributed by atoms with E-state index in [2.05, 4.69) is 69.2 Å². The molecule has 17 heavy (non-hydrogen) atoms. The second kappa shape index (κ2) is 4.29. The van der Waals surface area contributed by atoms with E-state index in [1.807, 2.05) is 4.90 Å². The lowest BCUT2D eigenvalue weighted by Gasteiger charge is -2.57. The Bertz CT molecular complexity index is 250. The van der Waals surface area contributed by atoms with E-state index < -0.39 is 0 Å². The second-order valence-corrected chi connectivity index (χ2v) is 8.09. The van der Waals surface area contributed by atoms with E-state index in [9.17, 15) is 4.79 Å². The zero-order chi connectivity index (χ0) is 14.3. The fourth-order valence-electron chi connectivity index (χ4n) is 1.69. The number of rotatable bonds is 3. The van der Waals surface area contributed by atoms with E-state index in [0.717, 1.165) is 6.41 Å². The quantitative estimate of drug-likeness (QED) is 0.681. The van der Waals surface area contributed by atoms with Gasteiger partial charge in [0.1, 0.15) is 0 Å². The lowest BCUT2D eigenvalue weighted by Crippen LogP contribution is -2.64. The lowest BCUT2D eigenvalue weighted by atomic mass is 9.68. The molecule has 0 aromatic carbocycles. The van der Waals surface area contributed by atoms with E-state index in [1.165, 1.54) is 0 Å². The summed E-state index contributed by atoms with van der Waals surface area (Å²) >= 11 is 0. The first kappa shape index (κ1) is 16.5. The van der Waals surface area contributed by atoms with E-state index in [1.54, 1.807) is 0 Å². The van der Waals surface area contributed by atoms with E-state index in [0.29, 0.717) is 0 Å². The SMILES string of the molecule is CC(C)(C)C(C)(C)N(C=O)C(C)(C)C(C)(C)C. The maximum atomic E-state index is 11.6. The van der Waals surface area contributed by atoms with Gasteiger partial charge in [-0.1, -0.05) is 41.5 Å². The highest BCUT2D eigenvalue weighted by atomic mass is 16.1. The Hall–Kier alpha value is -0.530. The average molecular weight is 241 g/mol. The van der Waals surface area contributed by atoms with Crippen LogP contribution in [0.2, 0.25) is 0 Å². The summed E-state index contributed by atoms with van der Waals surface area (Å²) in [7, 11) is 0. The van der Waals surface area contributed by atoms with Crippen molar-refractivity contribution < 1.29 is 4.79 Å². The molecule has 0 aliphatic carbocycles. The van der Waals surface area contributed by atoms with Gasteiger partial charge < -0.3 is 4.90 Å².